The quantitative estimate of drug-likeness (QED) is 0.182. The molecule has 10 heteroatoms. The Morgan fingerprint density at radius 3 is 2.36 bits per heavy atom. The number of nitrogens with zero attached hydrogens (tertiary/aromatic N) is 3. The first-order valence-corrected chi connectivity index (χ1v) is 13.5. The summed E-state index contributed by atoms with van der Waals surface area (Å²) in [6.07, 6.45) is 1.54. The minimum atomic E-state index is -0.406. The molecule has 0 spiro atoms. The van der Waals surface area contributed by atoms with Crippen molar-refractivity contribution >= 4 is 40.0 Å². The van der Waals surface area contributed by atoms with E-state index in [2.05, 4.69) is 41.7 Å². The van der Waals surface area contributed by atoms with Gasteiger partial charge in [0, 0.05) is 34.5 Å². The average Bonchev–Trinajstić information content (AvgIpc) is 3.39. The number of anilines is 3. The van der Waals surface area contributed by atoms with Gasteiger partial charge in [0.25, 0.3) is 0 Å². The van der Waals surface area contributed by atoms with E-state index in [-0.39, 0.29) is 17.9 Å². The molecule has 3 amide bonds. The van der Waals surface area contributed by atoms with Crippen molar-refractivity contribution < 1.29 is 14.3 Å². The second-order valence-electron chi connectivity index (χ2n) is 10.9. The van der Waals surface area contributed by atoms with Gasteiger partial charge >= 0.3 is 6.03 Å². The first-order chi connectivity index (χ1) is 20.1. The van der Waals surface area contributed by atoms with E-state index < -0.39 is 6.03 Å². The maximum Gasteiger partial charge on any atom is 0.324 e. The number of fused-ring (bicyclic) bond motifs is 1. The number of urea groups is 1. The maximum atomic E-state index is 13.3. The van der Waals surface area contributed by atoms with Crippen LogP contribution >= 0.6 is 0 Å². The number of aryl methyl sites for hydroxylation is 1. The second kappa shape index (κ2) is 11.7. The number of ether oxygens (including phenoxy) is 1. The van der Waals surface area contributed by atoms with Crippen LogP contribution in [-0.4, -0.2) is 33.2 Å². The van der Waals surface area contributed by atoms with Crippen LogP contribution in [0.2, 0.25) is 0 Å². The monoisotopic (exact) mass is 563 g/mol. The van der Waals surface area contributed by atoms with Gasteiger partial charge in [-0.3, -0.25) is 10.1 Å². The van der Waals surface area contributed by atoms with Gasteiger partial charge in [-0.2, -0.15) is 5.10 Å². The van der Waals surface area contributed by atoms with Crippen molar-refractivity contribution in [2.45, 2.75) is 33.1 Å². The van der Waals surface area contributed by atoms with E-state index in [1.807, 2.05) is 61.5 Å². The predicted molar refractivity (Wildman–Crippen MR) is 166 cm³/mol. The van der Waals surface area contributed by atoms with E-state index >= 15 is 0 Å². The molecule has 5 N–H and O–H groups in total. The molecule has 0 bridgehead atoms. The molecule has 2 aromatic heterocycles. The van der Waals surface area contributed by atoms with Crippen molar-refractivity contribution in [3.8, 4) is 17.2 Å². The van der Waals surface area contributed by atoms with Gasteiger partial charge in [0.2, 0.25) is 5.91 Å². The highest BCUT2D eigenvalue weighted by Gasteiger charge is 2.22. The van der Waals surface area contributed by atoms with Gasteiger partial charge in [0.1, 0.15) is 23.1 Å². The first-order valence-electron chi connectivity index (χ1n) is 13.5. The number of pyridine rings is 1. The summed E-state index contributed by atoms with van der Waals surface area (Å²) in [6, 6.07) is 23.9. The summed E-state index contributed by atoms with van der Waals surface area (Å²) in [7, 11) is 0. The predicted octanol–water partition coefficient (Wildman–Crippen LogP) is 6.36. The molecule has 0 saturated heterocycles. The minimum Gasteiger partial charge on any atom is -0.457 e. The van der Waals surface area contributed by atoms with Crippen LogP contribution < -0.4 is 26.4 Å². The van der Waals surface area contributed by atoms with Crippen molar-refractivity contribution in [3.63, 3.8) is 0 Å². The van der Waals surface area contributed by atoms with E-state index in [9.17, 15) is 9.59 Å². The number of amides is 3. The summed E-state index contributed by atoms with van der Waals surface area (Å²) in [5.74, 6) is 1.60. The Morgan fingerprint density at radius 1 is 0.905 bits per heavy atom. The Labute approximate surface area is 243 Å². The third-order valence-electron chi connectivity index (χ3n) is 6.54. The first kappa shape index (κ1) is 28.3. The normalized spacial score (nSPS) is 11.3. The molecule has 5 rings (SSSR count). The summed E-state index contributed by atoms with van der Waals surface area (Å²) in [5, 5.41) is 15.0. The fourth-order valence-corrected chi connectivity index (χ4v) is 4.32. The number of hydrogen-bond donors (Lipinski definition) is 4. The lowest BCUT2D eigenvalue weighted by atomic mass is 9.92. The molecule has 42 heavy (non-hydrogen) atoms. The molecule has 0 fully saturated rings. The minimum absolute atomic E-state index is 0.147. The van der Waals surface area contributed by atoms with Crippen molar-refractivity contribution in [1.29, 1.82) is 0 Å². The molecule has 10 nitrogen and oxygen atoms in total. The van der Waals surface area contributed by atoms with Gasteiger partial charge in [-0.05, 0) is 37.3 Å². The van der Waals surface area contributed by atoms with Crippen LogP contribution in [0.4, 0.5) is 22.1 Å². The van der Waals surface area contributed by atoms with E-state index in [0.717, 1.165) is 27.7 Å². The lowest BCUT2D eigenvalue weighted by Crippen LogP contribution is -2.22. The van der Waals surface area contributed by atoms with Crippen molar-refractivity contribution in [3.05, 3.63) is 96.3 Å². The number of hydrogen-bond acceptors (Lipinski definition) is 6. The molecule has 0 aliphatic carbocycles. The van der Waals surface area contributed by atoms with Crippen LogP contribution in [-0.2, 0) is 10.2 Å². The lowest BCUT2D eigenvalue weighted by molar-refractivity contribution is -0.114. The van der Waals surface area contributed by atoms with Gasteiger partial charge < -0.3 is 21.1 Å². The topological polar surface area (TPSA) is 136 Å². The highest BCUT2D eigenvalue weighted by molar-refractivity contribution is 6.07. The summed E-state index contributed by atoms with van der Waals surface area (Å²) in [6.45, 7) is 8.12. The Bertz CT molecular complexity index is 1750. The Kier molecular flexibility index (Phi) is 7.90. The van der Waals surface area contributed by atoms with E-state index in [1.54, 1.807) is 28.9 Å². The number of nitrogens with one attached hydrogen (secondary N) is 3. The Balaban J connectivity index is 1.40. The zero-order valence-corrected chi connectivity index (χ0v) is 23.9. The molecular formula is C32H33N7O3. The zero-order valence-electron chi connectivity index (χ0n) is 23.9. The van der Waals surface area contributed by atoms with Crippen molar-refractivity contribution in [2.75, 3.05) is 22.5 Å². The van der Waals surface area contributed by atoms with Crippen molar-refractivity contribution in [1.82, 2.24) is 14.8 Å². The number of aromatic nitrogens is 3. The fraction of sp³-hybridized carbons (Fsp3) is 0.188. The maximum absolute atomic E-state index is 13.3. The van der Waals surface area contributed by atoms with E-state index in [0.29, 0.717) is 28.8 Å². The zero-order chi connectivity index (χ0) is 29.9. The molecule has 0 radical (unpaired) electrons. The fourth-order valence-electron chi connectivity index (χ4n) is 4.32. The molecule has 2 heterocycles. The van der Waals surface area contributed by atoms with Gasteiger partial charge in [0.05, 0.1) is 23.6 Å². The molecule has 0 aliphatic rings. The number of benzene rings is 3. The molecule has 0 aliphatic heterocycles. The molecule has 3 aromatic carbocycles. The molecule has 5 aromatic rings. The highest BCUT2D eigenvalue weighted by Crippen LogP contribution is 2.35. The van der Waals surface area contributed by atoms with Crippen LogP contribution in [0.3, 0.4) is 0 Å². The third kappa shape index (κ3) is 6.39. The van der Waals surface area contributed by atoms with Gasteiger partial charge in [-0.25, -0.2) is 14.5 Å². The van der Waals surface area contributed by atoms with Gasteiger partial charge in [-0.1, -0.05) is 62.7 Å². The summed E-state index contributed by atoms with van der Waals surface area (Å²) >= 11 is 0. The van der Waals surface area contributed by atoms with Crippen LogP contribution in [0.1, 0.15) is 32.0 Å². The molecule has 214 valence electrons. The van der Waals surface area contributed by atoms with Gasteiger partial charge in [0.15, 0.2) is 0 Å². The number of rotatable bonds is 7. The standard InChI is InChI=1S/C32H33N7O3/c1-20-9-11-21(12-10-20)39-29(18-27(38-39)32(2,3)4)37-31(41)35-25-13-14-26(24-8-6-5-7-23(24)25)42-22-15-16-34-28(17-22)36-30(40)19-33/h5-18H,19,33H2,1-4H3,(H,34,36,40)(H2,35,37,41). The Morgan fingerprint density at radius 2 is 1.64 bits per heavy atom. The SMILES string of the molecule is Cc1ccc(-n2nc(C(C)(C)C)cc2NC(=O)Nc2ccc(Oc3ccnc(NC(=O)CN)c3)c3ccccc23)cc1. The van der Waals surface area contributed by atoms with Crippen molar-refractivity contribution in [2.24, 2.45) is 5.73 Å². The number of carbonyl (C=O) groups excluding carboxylic acids is 2. The van der Waals surface area contributed by atoms with E-state index in [1.165, 1.54) is 6.20 Å². The highest BCUT2D eigenvalue weighted by atomic mass is 16.5. The van der Waals surface area contributed by atoms with Crippen LogP contribution in [0.5, 0.6) is 11.5 Å². The van der Waals surface area contributed by atoms with Crippen LogP contribution in [0.25, 0.3) is 16.5 Å². The summed E-state index contributed by atoms with van der Waals surface area (Å²) < 4.78 is 7.89. The lowest BCUT2D eigenvalue weighted by Gasteiger charge is -2.14. The molecule has 0 saturated carbocycles. The van der Waals surface area contributed by atoms with Gasteiger partial charge in [-0.15, -0.1) is 0 Å². The summed E-state index contributed by atoms with van der Waals surface area (Å²) in [5.41, 5.74) is 8.62. The third-order valence-corrected chi connectivity index (χ3v) is 6.54. The summed E-state index contributed by atoms with van der Waals surface area (Å²) in [4.78, 5) is 29.1. The molecule has 0 unspecified atom stereocenters. The number of nitrogens with two attached hydrogens (primary N) is 1. The Hall–Kier alpha value is -5.22. The molecular weight excluding hydrogens is 530 g/mol. The average molecular weight is 564 g/mol. The second-order valence-corrected chi connectivity index (χ2v) is 10.9. The van der Waals surface area contributed by atoms with Crippen LogP contribution in [0.15, 0.2) is 85.1 Å². The largest absolute Gasteiger partial charge is 0.457 e. The van der Waals surface area contributed by atoms with E-state index in [4.69, 9.17) is 15.6 Å². The number of carbonyl (C=O) groups is 2. The van der Waals surface area contributed by atoms with Crippen LogP contribution in [0, 0.1) is 6.92 Å². The molecule has 0 atom stereocenters. The smallest absolute Gasteiger partial charge is 0.324 e.